The highest BCUT2D eigenvalue weighted by atomic mass is 35.5. The Labute approximate surface area is 207 Å². The van der Waals surface area contributed by atoms with Crippen molar-refractivity contribution in [2.45, 2.75) is 38.8 Å². The van der Waals surface area contributed by atoms with Gasteiger partial charge in [-0.05, 0) is 43.4 Å². The molecule has 1 aromatic carbocycles. The maximum Gasteiger partial charge on any atom is 0.413 e. The molecule has 2 aliphatic rings. The first-order valence-corrected chi connectivity index (χ1v) is 11.1. The number of pyridine rings is 2. The first-order valence-electron chi connectivity index (χ1n) is 11.1. The molecule has 3 atom stereocenters. The summed E-state index contributed by atoms with van der Waals surface area (Å²) in [6.45, 7) is 6.47. The topological polar surface area (TPSA) is 134 Å². The number of benzene rings is 1. The summed E-state index contributed by atoms with van der Waals surface area (Å²) in [6, 6.07) is 2.80. The Bertz CT molecular complexity index is 1340. The molecule has 1 aliphatic heterocycles. The van der Waals surface area contributed by atoms with Gasteiger partial charge in [0.25, 0.3) is 0 Å². The van der Waals surface area contributed by atoms with E-state index in [0.717, 1.165) is 10.5 Å². The molecule has 11 heteroatoms. The SMILES string of the molecule is Cc1c(-c2cc3cc(N(C(=O)O)[C@H]4C[C@@](C)(O)[C@H]4C)ncc3c(N)c2F)cnc2c1NCCO2.Cl. The van der Waals surface area contributed by atoms with Crippen LogP contribution < -0.4 is 20.7 Å². The van der Waals surface area contributed by atoms with Crippen molar-refractivity contribution >= 4 is 46.5 Å². The van der Waals surface area contributed by atoms with Crippen LogP contribution in [-0.2, 0) is 0 Å². The third kappa shape index (κ3) is 3.86. The average molecular weight is 504 g/mol. The molecule has 9 nitrogen and oxygen atoms in total. The van der Waals surface area contributed by atoms with E-state index in [2.05, 4.69) is 15.3 Å². The fourth-order valence-electron chi connectivity index (χ4n) is 4.87. The largest absolute Gasteiger partial charge is 0.474 e. The number of carboxylic acid groups (broad SMARTS) is 1. The van der Waals surface area contributed by atoms with E-state index in [1.54, 1.807) is 32.2 Å². The average Bonchev–Trinajstić information content (AvgIpc) is 2.81. The van der Waals surface area contributed by atoms with Gasteiger partial charge in [-0.25, -0.2) is 19.2 Å². The highest BCUT2D eigenvalue weighted by Gasteiger charge is 2.51. The zero-order chi connectivity index (χ0) is 24.4. The maximum atomic E-state index is 15.4. The molecule has 1 aliphatic carbocycles. The van der Waals surface area contributed by atoms with Crippen molar-refractivity contribution < 1.29 is 24.1 Å². The van der Waals surface area contributed by atoms with Crippen molar-refractivity contribution in [3.8, 4) is 17.0 Å². The number of fused-ring (bicyclic) bond motifs is 2. The molecule has 0 unspecified atom stereocenters. The van der Waals surface area contributed by atoms with Crippen molar-refractivity contribution in [2.24, 2.45) is 5.92 Å². The molecule has 2 aromatic heterocycles. The second-order valence-corrected chi connectivity index (χ2v) is 9.24. The summed E-state index contributed by atoms with van der Waals surface area (Å²) in [6.07, 6.45) is 2.06. The smallest absolute Gasteiger partial charge is 0.413 e. The van der Waals surface area contributed by atoms with Gasteiger partial charge in [-0.2, -0.15) is 0 Å². The fraction of sp³-hybridized carbons (Fsp3) is 0.375. The van der Waals surface area contributed by atoms with Crippen LogP contribution in [0.25, 0.3) is 21.9 Å². The molecule has 5 rings (SSSR count). The molecular weight excluding hydrogens is 477 g/mol. The summed E-state index contributed by atoms with van der Waals surface area (Å²) in [5.74, 6) is -0.202. The summed E-state index contributed by atoms with van der Waals surface area (Å²) in [5.41, 5.74) is 7.42. The molecular formula is C24H27ClFN5O4. The van der Waals surface area contributed by atoms with Crippen molar-refractivity contribution in [1.82, 2.24) is 9.97 Å². The number of anilines is 3. The number of ether oxygens (including phenoxy) is 1. The van der Waals surface area contributed by atoms with E-state index in [1.165, 1.54) is 6.20 Å². The quantitative estimate of drug-likeness (QED) is 0.391. The van der Waals surface area contributed by atoms with Crippen LogP contribution in [0, 0.1) is 18.7 Å². The van der Waals surface area contributed by atoms with E-state index in [4.69, 9.17) is 10.5 Å². The Kier molecular flexibility index (Phi) is 6.14. The molecule has 3 heterocycles. The third-order valence-corrected chi connectivity index (χ3v) is 7.19. The van der Waals surface area contributed by atoms with E-state index in [1.807, 2.05) is 6.92 Å². The highest BCUT2D eigenvalue weighted by Crippen LogP contribution is 2.44. The predicted octanol–water partition coefficient (Wildman–Crippen LogP) is 4.20. The highest BCUT2D eigenvalue weighted by molar-refractivity contribution is 6.00. The Morgan fingerprint density at radius 1 is 1.31 bits per heavy atom. The molecule has 0 spiro atoms. The van der Waals surface area contributed by atoms with Crippen LogP contribution >= 0.6 is 12.4 Å². The number of rotatable bonds is 3. The van der Waals surface area contributed by atoms with Gasteiger partial charge in [0, 0.05) is 47.4 Å². The number of aliphatic hydroxyl groups is 1. The van der Waals surface area contributed by atoms with E-state index in [0.29, 0.717) is 47.5 Å². The predicted molar refractivity (Wildman–Crippen MR) is 134 cm³/mol. The third-order valence-electron chi connectivity index (χ3n) is 7.19. The van der Waals surface area contributed by atoms with Crippen LogP contribution in [0.5, 0.6) is 5.88 Å². The van der Waals surface area contributed by atoms with Gasteiger partial charge >= 0.3 is 6.09 Å². The normalized spacial score (nSPS) is 22.8. The zero-order valence-corrected chi connectivity index (χ0v) is 20.3. The molecule has 0 bridgehead atoms. The second-order valence-electron chi connectivity index (χ2n) is 9.24. The monoisotopic (exact) mass is 503 g/mol. The number of nitrogens with one attached hydrogen (secondary N) is 1. The number of carbonyl (C=O) groups is 1. The summed E-state index contributed by atoms with van der Waals surface area (Å²) < 4.78 is 20.9. The summed E-state index contributed by atoms with van der Waals surface area (Å²) in [4.78, 5) is 21.9. The van der Waals surface area contributed by atoms with Crippen LogP contribution in [0.1, 0.15) is 25.8 Å². The number of hydrogen-bond donors (Lipinski definition) is 4. The van der Waals surface area contributed by atoms with Crippen molar-refractivity contribution in [1.29, 1.82) is 0 Å². The minimum atomic E-state index is -1.17. The number of hydrogen-bond acceptors (Lipinski definition) is 7. The Morgan fingerprint density at radius 3 is 2.71 bits per heavy atom. The molecule has 3 aromatic rings. The number of nitrogens with zero attached hydrogens (tertiary/aromatic N) is 3. The molecule has 1 saturated carbocycles. The van der Waals surface area contributed by atoms with Gasteiger partial charge in [0.2, 0.25) is 5.88 Å². The molecule has 1 amide bonds. The summed E-state index contributed by atoms with van der Waals surface area (Å²) in [5, 5.41) is 24.4. The fourth-order valence-corrected chi connectivity index (χ4v) is 4.87. The number of halogens is 2. The van der Waals surface area contributed by atoms with E-state index in [-0.39, 0.29) is 35.4 Å². The minimum absolute atomic E-state index is 0. The van der Waals surface area contributed by atoms with Gasteiger partial charge in [0.05, 0.1) is 11.3 Å². The molecule has 0 radical (unpaired) electrons. The standard InChI is InChI=1S/C24H26FN5O4.ClH/c1-11-15(9-29-22-21(11)27-4-5-34-22)14-6-13-7-18(28-10-16(13)20(26)19(14)25)30(23(31)32)17-8-24(3,33)12(17)2;/h6-7,9-10,12,17,27,33H,4-5,8,26H2,1-3H3,(H,31,32);1H/t12-,17-,24+;/m0./s1. The van der Waals surface area contributed by atoms with Crippen LogP contribution in [0.4, 0.5) is 26.4 Å². The van der Waals surface area contributed by atoms with E-state index in [9.17, 15) is 15.0 Å². The molecule has 1 fully saturated rings. The summed E-state index contributed by atoms with van der Waals surface area (Å²) in [7, 11) is 0. The van der Waals surface area contributed by atoms with Crippen LogP contribution in [-0.4, -0.2) is 51.1 Å². The van der Waals surface area contributed by atoms with Crippen molar-refractivity contribution in [3.05, 3.63) is 35.9 Å². The summed E-state index contributed by atoms with van der Waals surface area (Å²) >= 11 is 0. The Hall–Kier alpha value is -3.37. The lowest BCUT2D eigenvalue weighted by atomic mass is 9.67. The molecule has 186 valence electrons. The van der Waals surface area contributed by atoms with Crippen LogP contribution in [0.15, 0.2) is 24.5 Å². The first-order chi connectivity index (χ1) is 16.1. The number of amides is 1. The van der Waals surface area contributed by atoms with Gasteiger partial charge in [-0.1, -0.05) is 6.92 Å². The Balaban J connectivity index is 0.00000289. The zero-order valence-electron chi connectivity index (χ0n) is 19.5. The number of aromatic nitrogens is 2. The minimum Gasteiger partial charge on any atom is -0.474 e. The van der Waals surface area contributed by atoms with Gasteiger partial charge < -0.3 is 26.0 Å². The van der Waals surface area contributed by atoms with Crippen molar-refractivity contribution in [3.63, 3.8) is 0 Å². The van der Waals surface area contributed by atoms with E-state index < -0.39 is 23.6 Å². The lowest BCUT2D eigenvalue weighted by Gasteiger charge is -2.51. The Morgan fingerprint density at radius 2 is 2.06 bits per heavy atom. The number of nitrogens with two attached hydrogens (primary N) is 1. The molecule has 0 saturated heterocycles. The van der Waals surface area contributed by atoms with Gasteiger partial charge in [-0.3, -0.25) is 4.90 Å². The number of nitrogen functional groups attached to an aromatic ring is 1. The first kappa shape index (κ1) is 24.7. The molecule has 35 heavy (non-hydrogen) atoms. The second kappa shape index (κ2) is 8.69. The maximum absolute atomic E-state index is 15.4. The lowest BCUT2D eigenvalue weighted by Crippen LogP contribution is -2.62. The van der Waals surface area contributed by atoms with Gasteiger partial charge in [0.1, 0.15) is 18.1 Å². The van der Waals surface area contributed by atoms with E-state index >= 15 is 4.39 Å². The molecule has 5 N–H and O–H groups in total. The van der Waals surface area contributed by atoms with Gasteiger partial charge in [0.15, 0.2) is 5.82 Å². The van der Waals surface area contributed by atoms with Crippen LogP contribution in [0.3, 0.4) is 0 Å². The van der Waals surface area contributed by atoms with Gasteiger partial charge in [-0.15, -0.1) is 12.4 Å². The van der Waals surface area contributed by atoms with Crippen LogP contribution in [0.2, 0.25) is 0 Å². The van der Waals surface area contributed by atoms with Crippen molar-refractivity contribution in [2.75, 3.05) is 29.1 Å². The lowest BCUT2D eigenvalue weighted by molar-refractivity contribution is -0.0852.